The van der Waals surface area contributed by atoms with Gasteiger partial charge >= 0.3 is 5.97 Å². The second-order valence-electron chi connectivity index (χ2n) is 5.23. The van der Waals surface area contributed by atoms with Gasteiger partial charge in [-0.25, -0.2) is 4.79 Å². The predicted octanol–water partition coefficient (Wildman–Crippen LogP) is 2.95. The van der Waals surface area contributed by atoms with E-state index < -0.39 is 5.97 Å². The first-order chi connectivity index (χ1) is 9.58. The second-order valence-corrected chi connectivity index (χ2v) is 5.23. The number of benzene rings is 1. The number of hydrogen-bond donors (Lipinski definition) is 2. The molecular weight excluding hydrogens is 252 g/mol. The van der Waals surface area contributed by atoms with Crippen molar-refractivity contribution < 1.29 is 9.90 Å². The summed E-state index contributed by atoms with van der Waals surface area (Å²) in [6.45, 7) is 5.52. The van der Waals surface area contributed by atoms with E-state index in [1.807, 2.05) is 19.1 Å². The molecule has 0 aliphatic rings. The minimum atomic E-state index is -0.860. The van der Waals surface area contributed by atoms with Crippen molar-refractivity contribution in [3.05, 3.63) is 35.0 Å². The van der Waals surface area contributed by atoms with Crippen LogP contribution in [0.1, 0.15) is 41.3 Å². The Bertz CT molecular complexity index is 629. The number of hydrogen-bond acceptors (Lipinski definition) is 2. The van der Waals surface area contributed by atoms with Crippen LogP contribution in [0, 0.1) is 6.92 Å². The van der Waals surface area contributed by atoms with Crippen molar-refractivity contribution >= 4 is 16.9 Å². The molecule has 0 bridgehead atoms. The topological polar surface area (TPSA) is 68.2 Å². The Morgan fingerprint density at radius 1 is 1.40 bits per heavy atom. The number of nitrogens with two attached hydrogens (primary N) is 1. The Labute approximate surface area is 119 Å². The lowest BCUT2D eigenvalue weighted by molar-refractivity contribution is 0.0696. The summed E-state index contributed by atoms with van der Waals surface area (Å²) in [5.41, 5.74) is 9.13. The fraction of sp³-hybridized carbons (Fsp3) is 0.438. The number of aromatic carboxylic acids is 1. The van der Waals surface area contributed by atoms with Gasteiger partial charge in [-0.2, -0.15) is 0 Å². The molecule has 0 fully saturated rings. The van der Waals surface area contributed by atoms with Crippen molar-refractivity contribution in [3.8, 4) is 0 Å². The first kappa shape index (κ1) is 14.6. The normalized spacial score (nSPS) is 11.2. The van der Waals surface area contributed by atoms with Gasteiger partial charge in [0.2, 0.25) is 0 Å². The molecule has 0 aliphatic carbocycles. The molecule has 1 heterocycles. The number of aromatic nitrogens is 1. The molecule has 0 radical (unpaired) electrons. The van der Waals surface area contributed by atoms with E-state index in [0.717, 1.165) is 42.3 Å². The highest BCUT2D eigenvalue weighted by Gasteiger charge is 2.14. The van der Waals surface area contributed by atoms with Crippen LogP contribution in [0.5, 0.6) is 0 Å². The molecule has 0 saturated heterocycles. The van der Waals surface area contributed by atoms with Crippen molar-refractivity contribution in [2.24, 2.45) is 5.73 Å². The molecule has 20 heavy (non-hydrogen) atoms. The van der Waals surface area contributed by atoms with Crippen molar-refractivity contribution in [2.75, 3.05) is 6.54 Å². The lowest BCUT2D eigenvalue weighted by Crippen LogP contribution is -2.05. The summed E-state index contributed by atoms with van der Waals surface area (Å²) in [5, 5.41) is 10.3. The third kappa shape index (κ3) is 2.70. The van der Waals surface area contributed by atoms with Crippen LogP contribution in [0.4, 0.5) is 0 Å². The largest absolute Gasteiger partial charge is 0.478 e. The fourth-order valence-electron chi connectivity index (χ4n) is 2.66. The Balaban J connectivity index is 2.59. The number of carboxylic acids is 1. The van der Waals surface area contributed by atoms with Crippen LogP contribution in [0.3, 0.4) is 0 Å². The molecule has 0 unspecified atom stereocenters. The van der Waals surface area contributed by atoms with Crippen LogP contribution < -0.4 is 5.73 Å². The summed E-state index contributed by atoms with van der Waals surface area (Å²) in [7, 11) is 0. The van der Waals surface area contributed by atoms with Crippen molar-refractivity contribution in [2.45, 2.75) is 39.7 Å². The molecule has 3 N–H and O–H groups in total. The smallest absolute Gasteiger partial charge is 0.335 e. The van der Waals surface area contributed by atoms with Crippen LogP contribution in [-0.4, -0.2) is 22.2 Å². The number of fused-ring (bicyclic) bond motifs is 1. The third-order valence-electron chi connectivity index (χ3n) is 3.66. The predicted molar refractivity (Wildman–Crippen MR) is 81.3 cm³/mol. The van der Waals surface area contributed by atoms with Gasteiger partial charge in [0.05, 0.1) is 5.56 Å². The van der Waals surface area contributed by atoms with E-state index in [2.05, 4.69) is 17.7 Å². The average Bonchev–Trinajstić information content (AvgIpc) is 2.73. The van der Waals surface area contributed by atoms with E-state index in [9.17, 15) is 9.90 Å². The number of aryl methyl sites for hydroxylation is 3. The maximum Gasteiger partial charge on any atom is 0.335 e. The molecule has 4 nitrogen and oxygen atoms in total. The van der Waals surface area contributed by atoms with E-state index >= 15 is 0 Å². The van der Waals surface area contributed by atoms with E-state index in [1.54, 1.807) is 0 Å². The Hall–Kier alpha value is -1.81. The van der Waals surface area contributed by atoms with Gasteiger partial charge in [0.1, 0.15) is 0 Å². The monoisotopic (exact) mass is 274 g/mol. The van der Waals surface area contributed by atoms with Gasteiger partial charge in [-0.3, -0.25) is 0 Å². The number of carbonyl (C=O) groups is 1. The fourth-order valence-corrected chi connectivity index (χ4v) is 2.66. The molecular formula is C16H22N2O2. The van der Waals surface area contributed by atoms with Gasteiger partial charge < -0.3 is 15.4 Å². The Morgan fingerprint density at radius 2 is 2.15 bits per heavy atom. The van der Waals surface area contributed by atoms with Gasteiger partial charge in [0.25, 0.3) is 0 Å². The summed E-state index contributed by atoms with van der Waals surface area (Å²) in [6.07, 6.45) is 5.09. The summed E-state index contributed by atoms with van der Waals surface area (Å²) < 4.78 is 2.20. The molecule has 4 heteroatoms. The first-order valence-corrected chi connectivity index (χ1v) is 7.14. The van der Waals surface area contributed by atoms with E-state index in [-0.39, 0.29) is 0 Å². The maximum atomic E-state index is 11.3. The summed E-state index contributed by atoms with van der Waals surface area (Å²) >= 11 is 0. The zero-order valence-corrected chi connectivity index (χ0v) is 12.1. The number of carboxylic acid groups (broad SMARTS) is 1. The molecule has 0 aliphatic heterocycles. The van der Waals surface area contributed by atoms with Crippen LogP contribution >= 0.6 is 0 Å². The molecule has 2 aromatic rings. The van der Waals surface area contributed by atoms with Crippen LogP contribution in [0.2, 0.25) is 0 Å². The molecule has 0 amide bonds. The molecule has 0 atom stereocenters. The standard InChI is InChI=1S/C16H22N2O2/c1-3-5-12-10-18(7-4-6-17)15-8-11(2)13(16(19)20)9-14(12)15/h8-10H,3-7,17H2,1-2H3,(H,19,20). The van der Waals surface area contributed by atoms with Gasteiger partial charge in [0, 0.05) is 23.6 Å². The molecule has 0 spiro atoms. The van der Waals surface area contributed by atoms with Crippen LogP contribution in [0.25, 0.3) is 10.9 Å². The van der Waals surface area contributed by atoms with Crippen molar-refractivity contribution in [3.63, 3.8) is 0 Å². The molecule has 1 aromatic heterocycles. The zero-order valence-electron chi connectivity index (χ0n) is 12.1. The highest BCUT2D eigenvalue weighted by atomic mass is 16.4. The second kappa shape index (κ2) is 6.09. The van der Waals surface area contributed by atoms with Gasteiger partial charge in [-0.1, -0.05) is 13.3 Å². The Kier molecular flexibility index (Phi) is 4.45. The summed E-state index contributed by atoms with van der Waals surface area (Å²) in [4.78, 5) is 11.3. The van der Waals surface area contributed by atoms with Crippen LogP contribution in [-0.2, 0) is 13.0 Å². The highest BCUT2D eigenvalue weighted by molar-refractivity contribution is 5.96. The SMILES string of the molecule is CCCc1cn(CCCN)c2cc(C)c(C(=O)O)cc12. The minimum Gasteiger partial charge on any atom is -0.478 e. The summed E-state index contributed by atoms with van der Waals surface area (Å²) in [5.74, 6) is -0.860. The number of nitrogens with zero attached hydrogens (tertiary/aromatic N) is 1. The van der Waals surface area contributed by atoms with Crippen molar-refractivity contribution in [1.82, 2.24) is 4.57 Å². The summed E-state index contributed by atoms with van der Waals surface area (Å²) in [6, 6.07) is 3.80. The molecule has 0 saturated carbocycles. The van der Waals surface area contributed by atoms with E-state index in [4.69, 9.17) is 5.73 Å². The van der Waals surface area contributed by atoms with Crippen LogP contribution in [0.15, 0.2) is 18.3 Å². The minimum absolute atomic E-state index is 0.395. The maximum absolute atomic E-state index is 11.3. The zero-order chi connectivity index (χ0) is 14.7. The van der Waals surface area contributed by atoms with Gasteiger partial charge in [-0.15, -0.1) is 0 Å². The van der Waals surface area contributed by atoms with E-state index in [0.29, 0.717) is 12.1 Å². The van der Waals surface area contributed by atoms with Gasteiger partial charge in [0.15, 0.2) is 0 Å². The van der Waals surface area contributed by atoms with E-state index in [1.165, 1.54) is 5.56 Å². The third-order valence-corrected chi connectivity index (χ3v) is 3.66. The Morgan fingerprint density at radius 3 is 2.75 bits per heavy atom. The molecule has 108 valence electrons. The quantitative estimate of drug-likeness (QED) is 0.851. The molecule has 1 aromatic carbocycles. The molecule has 2 rings (SSSR count). The lowest BCUT2D eigenvalue weighted by atomic mass is 10.0. The number of rotatable bonds is 6. The van der Waals surface area contributed by atoms with Gasteiger partial charge in [-0.05, 0) is 49.6 Å². The first-order valence-electron chi connectivity index (χ1n) is 7.14. The highest BCUT2D eigenvalue weighted by Crippen LogP contribution is 2.26. The average molecular weight is 274 g/mol. The van der Waals surface area contributed by atoms with Crippen molar-refractivity contribution in [1.29, 1.82) is 0 Å². The lowest BCUT2D eigenvalue weighted by Gasteiger charge is -2.06.